The highest BCUT2D eigenvalue weighted by Crippen LogP contribution is 2.33. The van der Waals surface area contributed by atoms with E-state index in [2.05, 4.69) is 0 Å². The van der Waals surface area contributed by atoms with Gasteiger partial charge in [0.25, 0.3) is 0 Å². The predicted octanol–water partition coefficient (Wildman–Crippen LogP) is 1.87. The molecule has 0 aliphatic heterocycles. The smallest absolute Gasteiger partial charge is 0.313 e. The van der Waals surface area contributed by atoms with Crippen LogP contribution in [0.2, 0.25) is 0 Å². The molecule has 1 amide bonds. The van der Waals surface area contributed by atoms with Crippen molar-refractivity contribution in [3.8, 4) is 0 Å². The van der Waals surface area contributed by atoms with Gasteiger partial charge in [-0.2, -0.15) is 0 Å². The molecule has 0 saturated heterocycles. The lowest BCUT2D eigenvalue weighted by Gasteiger charge is -2.28. The van der Waals surface area contributed by atoms with Crippen LogP contribution in [-0.4, -0.2) is 34.1 Å². The topological polar surface area (TPSA) is 77.8 Å². The normalized spacial score (nSPS) is 13.2. The summed E-state index contributed by atoms with van der Waals surface area (Å²) in [5.41, 5.74) is -1.15. The van der Waals surface area contributed by atoms with Crippen molar-refractivity contribution in [1.82, 2.24) is 5.06 Å². The zero-order valence-corrected chi connectivity index (χ0v) is 12.4. The van der Waals surface area contributed by atoms with Gasteiger partial charge in [0, 0.05) is 7.05 Å². The molecule has 2 aromatic carbocycles. The summed E-state index contributed by atoms with van der Waals surface area (Å²) in [6, 6.07) is 13.3. The Morgan fingerprint density at radius 3 is 2.09 bits per heavy atom. The van der Waals surface area contributed by atoms with Gasteiger partial charge in [-0.1, -0.05) is 42.5 Å². The van der Waals surface area contributed by atoms with E-state index in [9.17, 15) is 19.1 Å². The molecule has 6 heteroatoms. The number of nitrogens with zero attached hydrogens (tertiary/aromatic N) is 1. The minimum absolute atomic E-state index is 0.165. The van der Waals surface area contributed by atoms with E-state index in [1.807, 2.05) is 0 Å². The largest absolute Gasteiger partial charge is 0.380 e. The molecule has 0 saturated carbocycles. The van der Waals surface area contributed by atoms with Gasteiger partial charge in [0.05, 0.1) is 6.42 Å². The highest BCUT2D eigenvalue weighted by atomic mass is 19.1. The van der Waals surface area contributed by atoms with Gasteiger partial charge in [0.2, 0.25) is 5.78 Å². The minimum Gasteiger partial charge on any atom is -0.380 e. The highest BCUT2D eigenvalue weighted by molar-refractivity contribution is 6.35. The van der Waals surface area contributed by atoms with Crippen LogP contribution in [-0.2, 0) is 15.2 Å². The molecule has 0 aliphatic rings. The second-order valence-corrected chi connectivity index (χ2v) is 5.16. The molecule has 0 aliphatic carbocycles. The van der Waals surface area contributed by atoms with E-state index in [-0.39, 0.29) is 10.6 Å². The maximum Gasteiger partial charge on any atom is 0.313 e. The van der Waals surface area contributed by atoms with Crippen molar-refractivity contribution in [3.63, 3.8) is 0 Å². The average Bonchev–Trinajstić information content (AvgIpc) is 2.55. The van der Waals surface area contributed by atoms with Gasteiger partial charge in [0.15, 0.2) is 0 Å². The summed E-state index contributed by atoms with van der Waals surface area (Å²) in [5, 5.41) is 20.3. The van der Waals surface area contributed by atoms with Crippen molar-refractivity contribution in [2.75, 3.05) is 7.05 Å². The molecule has 0 bridgehead atoms. The van der Waals surface area contributed by atoms with Gasteiger partial charge in [-0.3, -0.25) is 14.8 Å². The third-order valence-electron chi connectivity index (χ3n) is 3.52. The molecule has 1 atom stereocenters. The number of hydrogen-bond donors (Lipinski definition) is 2. The van der Waals surface area contributed by atoms with E-state index in [0.717, 1.165) is 19.2 Å². The summed E-state index contributed by atoms with van der Waals surface area (Å²) in [6.07, 6.45) is -0.577. The van der Waals surface area contributed by atoms with E-state index >= 15 is 0 Å². The number of benzene rings is 2. The number of Topliss-reactive ketones (excluding diaryl/α,β-unsaturated/α-hetero) is 1. The molecule has 1 unspecified atom stereocenters. The van der Waals surface area contributed by atoms with E-state index in [1.54, 1.807) is 30.3 Å². The Balaban J connectivity index is 2.46. The Morgan fingerprint density at radius 1 is 1.04 bits per heavy atom. The molecular weight excluding hydrogens is 301 g/mol. The summed E-state index contributed by atoms with van der Waals surface area (Å²) in [5.74, 6) is -2.59. The predicted molar refractivity (Wildman–Crippen MR) is 80.0 cm³/mol. The fourth-order valence-corrected chi connectivity index (χ4v) is 2.30. The first-order valence-corrected chi connectivity index (χ1v) is 6.88. The Bertz CT molecular complexity index is 700. The number of hydrogen-bond acceptors (Lipinski definition) is 4. The zero-order valence-electron chi connectivity index (χ0n) is 12.4. The van der Waals surface area contributed by atoms with E-state index in [4.69, 9.17) is 5.21 Å². The standard InChI is InChI=1S/C17H16FNO4/c1-19(23)16(21)15(20)11-17(22,12-5-3-2-4-6-12)13-7-9-14(18)10-8-13/h2-10,22-23H,11H2,1H3. The van der Waals surface area contributed by atoms with Gasteiger partial charge in [-0.25, -0.2) is 9.45 Å². The number of carbonyl (C=O) groups excluding carboxylic acids is 2. The highest BCUT2D eigenvalue weighted by Gasteiger charge is 2.36. The number of amides is 1. The molecule has 2 rings (SSSR count). The summed E-state index contributed by atoms with van der Waals surface area (Å²) < 4.78 is 13.1. The van der Waals surface area contributed by atoms with Crippen molar-refractivity contribution in [2.45, 2.75) is 12.0 Å². The number of likely N-dealkylation sites (N-methyl/N-ethyl adjacent to an activating group) is 1. The fraction of sp³-hybridized carbons (Fsp3) is 0.176. The van der Waals surface area contributed by atoms with Crippen LogP contribution < -0.4 is 0 Å². The zero-order chi connectivity index (χ0) is 17.0. The second-order valence-electron chi connectivity index (χ2n) is 5.16. The fourth-order valence-electron chi connectivity index (χ4n) is 2.30. The van der Waals surface area contributed by atoms with Crippen LogP contribution in [0.15, 0.2) is 54.6 Å². The van der Waals surface area contributed by atoms with E-state index in [1.165, 1.54) is 12.1 Å². The van der Waals surface area contributed by atoms with Crippen LogP contribution in [0.25, 0.3) is 0 Å². The third kappa shape index (κ3) is 3.61. The third-order valence-corrected chi connectivity index (χ3v) is 3.52. The number of hydroxylamine groups is 2. The molecule has 5 nitrogen and oxygen atoms in total. The lowest BCUT2D eigenvalue weighted by Crippen LogP contribution is -2.37. The van der Waals surface area contributed by atoms with Crippen molar-refractivity contribution in [3.05, 3.63) is 71.5 Å². The van der Waals surface area contributed by atoms with Crippen LogP contribution in [0.3, 0.4) is 0 Å². The summed E-state index contributed by atoms with van der Waals surface area (Å²) in [4.78, 5) is 23.6. The van der Waals surface area contributed by atoms with Crippen LogP contribution >= 0.6 is 0 Å². The number of carbonyl (C=O) groups is 2. The Labute approximate surface area is 132 Å². The molecule has 120 valence electrons. The maximum absolute atomic E-state index is 13.1. The Morgan fingerprint density at radius 2 is 1.57 bits per heavy atom. The monoisotopic (exact) mass is 317 g/mol. The number of rotatable bonds is 5. The summed E-state index contributed by atoms with van der Waals surface area (Å²) >= 11 is 0. The molecule has 2 aromatic rings. The molecule has 0 aromatic heterocycles. The van der Waals surface area contributed by atoms with Crippen molar-refractivity contribution < 1.29 is 24.3 Å². The van der Waals surface area contributed by atoms with Crippen molar-refractivity contribution in [1.29, 1.82) is 0 Å². The van der Waals surface area contributed by atoms with Gasteiger partial charge in [-0.15, -0.1) is 0 Å². The van der Waals surface area contributed by atoms with Crippen LogP contribution in [0, 0.1) is 5.82 Å². The van der Waals surface area contributed by atoms with Gasteiger partial charge in [-0.05, 0) is 23.3 Å². The molecule has 23 heavy (non-hydrogen) atoms. The van der Waals surface area contributed by atoms with Crippen molar-refractivity contribution >= 4 is 11.7 Å². The molecule has 0 heterocycles. The summed E-state index contributed by atoms with van der Waals surface area (Å²) in [6.45, 7) is 0. The molecule has 0 fully saturated rings. The van der Waals surface area contributed by atoms with Crippen LogP contribution in [0.5, 0.6) is 0 Å². The lowest BCUT2D eigenvalue weighted by molar-refractivity contribution is -0.166. The van der Waals surface area contributed by atoms with Gasteiger partial charge >= 0.3 is 5.91 Å². The van der Waals surface area contributed by atoms with Crippen LogP contribution in [0.1, 0.15) is 17.5 Å². The first-order chi connectivity index (χ1) is 10.8. The minimum atomic E-state index is -1.81. The second kappa shape index (κ2) is 6.68. The quantitative estimate of drug-likeness (QED) is 0.501. The van der Waals surface area contributed by atoms with Crippen LogP contribution in [0.4, 0.5) is 4.39 Å². The lowest BCUT2D eigenvalue weighted by atomic mass is 9.82. The number of aliphatic hydroxyl groups is 1. The van der Waals surface area contributed by atoms with Gasteiger partial charge < -0.3 is 5.11 Å². The average molecular weight is 317 g/mol. The van der Waals surface area contributed by atoms with E-state index < -0.39 is 29.5 Å². The summed E-state index contributed by atoms with van der Waals surface area (Å²) in [7, 11) is 1.03. The first kappa shape index (κ1) is 16.8. The molecule has 0 radical (unpaired) electrons. The molecular formula is C17H16FNO4. The SMILES string of the molecule is CN(O)C(=O)C(=O)CC(O)(c1ccccc1)c1ccc(F)cc1. The Hall–Kier alpha value is -2.57. The number of halogens is 1. The Kier molecular flexibility index (Phi) is 4.88. The molecule has 0 spiro atoms. The molecule has 2 N–H and O–H groups in total. The maximum atomic E-state index is 13.1. The first-order valence-electron chi connectivity index (χ1n) is 6.88. The van der Waals surface area contributed by atoms with Crippen molar-refractivity contribution in [2.24, 2.45) is 0 Å². The number of ketones is 1. The van der Waals surface area contributed by atoms with E-state index in [0.29, 0.717) is 5.56 Å². The van der Waals surface area contributed by atoms with Gasteiger partial charge in [0.1, 0.15) is 11.4 Å².